The summed E-state index contributed by atoms with van der Waals surface area (Å²) < 4.78 is 0. The van der Waals surface area contributed by atoms with Gasteiger partial charge in [0.15, 0.2) is 17.3 Å². The van der Waals surface area contributed by atoms with E-state index in [2.05, 4.69) is 4.90 Å². The van der Waals surface area contributed by atoms with E-state index in [1.54, 1.807) is 24.3 Å². The first-order valence-electron chi connectivity index (χ1n) is 12.0. The zero-order valence-electron chi connectivity index (χ0n) is 19.2. The maximum absolute atomic E-state index is 14.4. The van der Waals surface area contributed by atoms with Crippen LogP contribution in [0.5, 0.6) is 0 Å². The van der Waals surface area contributed by atoms with E-state index in [1.165, 1.54) is 11.3 Å². The van der Waals surface area contributed by atoms with Crippen LogP contribution in [0.25, 0.3) is 6.08 Å². The fourth-order valence-corrected chi connectivity index (χ4v) is 7.21. The van der Waals surface area contributed by atoms with Crippen LogP contribution in [0.3, 0.4) is 0 Å². The van der Waals surface area contributed by atoms with Crippen molar-refractivity contribution in [3.05, 3.63) is 130 Å². The zero-order chi connectivity index (χ0) is 24.4. The van der Waals surface area contributed by atoms with Gasteiger partial charge in [-0.25, -0.2) is 0 Å². The molecule has 4 aromatic rings. The normalized spacial score (nSPS) is 23.0. The molecule has 0 bridgehead atoms. The molecule has 1 aliphatic carbocycles. The van der Waals surface area contributed by atoms with Gasteiger partial charge in [-0.05, 0) is 28.6 Å². The molecule has 1 fully saturated rings. The van der Waals surface area contributed by atoms with Gasteiger partial charge in [-0.3, -0.25) is 14.4 Å². The summed E-state index contributed by atoms with van der Waals surface area (Å²) in [5.74, 6) is -1.11. The minimum atomic E-state index is -1.44. The molecular formula is C31H21NO3S. The van der Waals surface area contributed by atoms with Crippen LogP contribution in [0.4, 0.5) is 5.69 Å². The van der Waals surface area contributed by atoms with Crippen LogP contribution in [-0.2, 0) is 0 Å². The van der Waals surface area contributed by atoms with E-state index in [4.69, 9.17) is 0 Å². The first kappa shape index (κ1) is 21.2. The lowest BCUT2D eigenvalue weighted by atomic mass is 9.64. The Hall–Kier alpha value is -4.09. The SMILES string of the molecule is O=C(c1cccs1)[C@H]1[C@H](c2ccccc2)C2(C(=O)c3ccccc3C2=O)[C@@H]2C=Cc3ccccc3N21. The number of rotatable bonds is 3. The lowest BCUT2D eigenvalue weighted by molar-refractivity contribution is 0.0666. The van der Waals surface area contributed by atoms with Crippen LogP contribution >= 0.6 is 11.3 Å². The lowest BCUT2D eigenvalue weighted by Crippen LogP contribution is -2.48. The van der Waals surface area contributed by atoms with Crippen molar-refractivity contribution in [1.82, 2.24) is 0 Å². The highest BCUT2D eigenvalue weighted by atomic mass is 32.1. The van der Waals surface area contributed by atoms with E-state index in [-0.39, 0.29) is 17.3 Å². The van der Waals surface area contributed by atoms with Crippen LogP contribution < -0.4 is 4.90 Å². The van der Waals surface area contributed by atoms with Crippen molar-refractivity contribution in [3.63, 3.8) is 0 Å². The van der Waals surface area contributed by atoms with Gasteiger partial charge in [-0.1, -0.05) is 91.0 Å². The smallest absolute Gasteiger partial charge is 0.195 e. The van der Waals surface area contributed by atoms with E-state index < -0.39 is 23.4 Å². The van der Waals surface area contributed by atoms with E-state index in [0.717, 1.165) is 16.8 Å². The lowest BCUT2D eigenvalue weighted by Gasteiger charge is -2.37. The molecule has 3 heterocycles. The molecule has 1 saturated heterocycles. The minimum Gasteiger partial charge on any atom is -0.352 e. The van der Waals surface area contributed by atoms with E-state index in [1.807, 2.05) is 84.3 Å². The summed E-state index contributed by atoms with van der Waals surface area (Å²) >= 11 is 1.39. The zero-order valence-corrected chi connectivity index (χ0v) is 20.0. The largest absolute Gasteiger partial charge is 0.352 e. The summed E-state index contributed by atoms with van der Waals surface area (Å²) in [7, 11) is 0. The summed E-state index contributed by atoms with van der Waals surface area (Å²) in [6, 6.07) is 27.0. The minimum absolute atomic E-state index is 0.0672. The Morgan fingerprint density at radius 1 is 0.778 bits per heavy atom. The van der Waals surface area contributed by atoms with Crippen molar-refractivity contribution in [2.24, 2.45) is 5.41 Å². The maximum Gasteiger partial charge on any atom is 0.195 e. The van der Waals surface area contributed by atoms with Gasteiger partial charge < -0.3 is 4.90 Å². The standard InChI is InChI=1S/C31H21NO3S/c33-28(24-15-8-18-36-24)27-26(20-10-2-1-3-11-20)31(29(34)21-12-5-6-13-22(21)30(31)35)25-17-16-19-9-4-7-14-23(19)32(25)27/h1-18,25-27H/t25-,26-,27+/m0/s1. The quantitative estimate of drug-likeness (QED) is 0.260. The second-order valence-electron chi connectivity index (χ2n) is 9.52. The first-order chi connectivity index (χ1) is 17.6. The fraction of sp³-hybridized carbons (Fsp3) is 0.129. The molecule has 3 aromatic carbocycles. The number of carbonyl (C=O) groups excluding carboxylic acids is 3. The highest BCUT2D eigenvalue weighted by Crippen LogP contribution is 2.60. The molecule has 3 aliphatic rings. The molecule has 36 heavy (non-hydrogen) atoms. The van der Waals surface area contributed by atoms with Gasteiger partial charge in [0, 0.05) is 22.7 Å². The van der Waals surface area contributed by atoms with Crippen molar-refractivity contribution in [2.45, 2.75) is 18.0 Å². The second-order valence-corrected chi connectivity index (χ2v) is 10.5. The average molecular weight is 488 g/mol. The second kappa shape index (κ2) is 7.70. The van der Waals surface area contributed by atoms with Gasteiger partial charge >= 0.3 is 0 Å². The molecule has 0 N–H and O–H groups in total. The van der Waals surface area contributed by atoms with Crippen LogP contribution in [-0.4, -0.2) is 29.4 Å². The summed E-state index contributed by atoms with van der Waals surface area (Å²) in [5, 5.41) is 1.89. The number of hydrogen-bond acceptors (Lipinski definition) is 5. The molecule has 3 atom stereocenters. The van der Waals surface area contributed by atoms with Crippen molar-refractivity contribution in [3.8, 4) is 0 Å². The Morgan fingerprint density at radius 2 is 1.44 bits per heavy atom. The molecule has 0 unspecified atom stereocenters. The average Bonchev–Trinajstić information content (AvgIpc) is 3.63. The molecule has 0 amide bonds. The van der Waals surface area contributed by atoms with Crippen LogP contribution in [0, 0.1) is 5.41 Å². The molecule has 174 valence electrons. The van der Waals surface area contributed by atoms with Crippen LogP contribution in [0.2, 0.25) is 0 Å². The van der Waals surface area contributed by atoms with E-state index in [0.29, 0.717) is 16.0 Å². The number of hydrogen-bond donors (Lipinski definition) is 0. The molecule has 0 saturated carbocycles. The molecule has 2 aliphatic heterocycles. The van der Waals surface area contributed by atoms with Crippen molar-refractivity contribution in [2.75, 3.05) is 4.90 Å². The molecule has 5 heteroatoms. The van der Waals surface area contributed by atoms with Crippen molar-refractivity contribution in [1.29, 1.82) is 0 Å². The Balaban J connectivity index is 1.56. The Kier molecular flexibility index (Phi) is 4.54. The van der Waals surface area contributed by atoms with Gasteiger partial charge in [0.05, 0.1) is 10.9 Å². The predicted octanol–water partition coefficient (Wildman–Crippen LogP) is 6.06. The van der Waals surface area contributed by atoms with Gasteiger partial charge in [-0.2, -0.15) is 0 Å². The van der Waals surface area contributed by atoms with Crippen molar-refractivity contribution >= 4 is 40.4 Å². The predicted molar refractivity (Wildman–Crippen MR) is 141 cm³/mol. The number of anilines is 1. The van der Waals surface area contributed by atoms with E-state index in [9.17, 15) is 14.4 Å². The molecular weight excluding hydrogens is 466 g/mol. The highest BCUT2D eigenvalue weighted by molar-refractivity contribution is 7.12. The third kappa shape index (κ3) is 2.61. The summed E-state index contributed by atoms with van der Waals surface area (Å²) in [4.78, 5) is 45.9. The first-order valence-corrected chi connectivity index (χ1v) is 12.9. The number of thiophene rings is 1. The molecule has 7 rings (SSSR count). The highest BCUT2D eigenvalue weighted by Gasteiger charge is 2.71. The Labute approximate surface area is 212 Å². The number of nitrogens with zero attached hydrogens (tertiary/aromatic N) is 1. The summed E-state index contributed by atoms with van der Waals surface area (Å²) in [6.45, 7) is 0. The Bertz CT molecular complexity index is 1540. The van der Waals surface area contributed by atoms with Gasteiger partial charge in [-0.15, -0.1) is 11.3 Å². The number of benzene rings is 3. The molecule has 0 radical (unpaired) electrons. The van der Waals surface area contributed by atoms with Gasteiger partial charge in [0.25, 0.3) is 0 Å². The molecule has 1 aromatic heterocycles. The summed E-state index contributed by atoms with van der Waals surface area (Å²) in [5.41, 5.74) is 2.11. The molecule has 1 spiro atoms. The number of para-hydroxylation sites is 1. The number of Topliss-reactive ketones (excluding diaryl/α,β-unsaturated/α-hetero) is 3. The monoisotopic (exact) mass is 487 g/mol. The van der Waals surface area contributed by atoms with Gasteiger partial charge in [0.1, 0.15) is 11.5 Å². The van der Waals surface area contributed by atoms with Crippen molar-refractivity contribution < 1.29 is 14.4 Å². The third-order valence-corrected chi connectivity index (χ3v) is 8.79. The van der Waals surface area contributed by atoms with Gasteiger partial charge in [0.2, 0.25) is 0 Å². The maximum atomic E-state index is 14.4. The fourth-order valence-electron chi connectivity index (χ4n) is 6.52. The molecule has 4 nitrogen and oxygen atoms in total. The Morgan fingerprint density at radius 3 is 2.14 bits per heavy atom. The van der Waals surface area contributed by atoms with Crippen LogP contribution in [0.15, 0.2) is 102 Å². The number of carbonyl (C=O) groups is 3. The number of fused-ring (bicyclic) bond motifs is 5. The van der Waals surface area contributed by atoms with E-state index >= 15 is 0 Å². The van der Waals surface area contributed by atoms with Crippen LogP contribution in [0.1, 0.15) is 47.4 Å². The third-order valence-electron chi connectivity index (χ3n) is 7.90. The summed E-state index contributed by atoms with van der Waals surface area (Å²) in [6.07, 6.45) is 3.95. The number of ketones is 3. The topological polar surface area (TPSA) is 54.5 Å².